The highest BCUT2D eigenvalue weighted by atomic mass is 32.2. The van der Waals surface area contributed by atoms with Crippen LogP contribution in [-0.2, 0) is 10.5 Å². The molecule has 4 aromatic rings. The normalized spacial score (nSPS) is 10.5. The maximum Gasteiger partial charge on any atom is 0.255 e. The summed E-state index contributed by atoms with van der Waals surface area (Å²) in [7, 11) is 1.60. The van der Waals surface area contributed by atoms with Crippen molar-refractivity contribution in [3.05, 3.63) is 90.3 Å². The van der Waals surface area contributed by atoms with Crippen molar-refractivity contribution >= 4 is 35.0 Å². The van der Waals surface area contributed by atoms with Gasteiger partial charge in [0.2, 0.25) is 5.91 Å². The first-order chi connectivity index (χ1) is 16.5. The number of methoxy groups -OCH3 is 1. The van der Waals surface area contributed by atoms with Crippen LogP contribution in [0.4, 0.5) is 11.4 Å². The van der Waals surface area contributed by atoms with E-state index in [4.69, 9.17) is 4.74 Å². The summed E-state index contributed by atoms with van der Waals surface area (Å²) >= 11 is 1.53. The number of nitrogens with one attached hydrogen (secondary N) is 2. The molecule has 0 radical (unpaired) electrons. The lowest BCUT2D eigenvalue weighted by molar-refractivity contribution is -0.114. The van der Waals surface area contributed by atoms with Crippen LogP contribution in [0.1, 0.15) is 22.8 Å². The summed E-state index contributed by atoms with van der Waals surface area (Å²) in [5, 5.41) is 14.6. The average molecular weight is 474 g/mol. The molecular formula is C25H23N5O3S. The van der Waals surface area contributed by atoms with Gasteiger partial charge in [-0.05, 0) is 60.2 Å². The maximum absolute atomic E-state index is 12.5. The lowest BCUT2D eigenvalue weighted by atomic mass is 10.1. The molecule has 0 saturated carbocycles. The van der Waals surface area contributed by atoms with Crippen molar-refractivity contribution in [2.45, 2.75) is 17.8 Å². The van der Waals surface area contributed by atoms with Crippen LogP contribution in [0.15, 0.2) is 84.3 Å². The minimum atomic E-state index is -0.178. The first kappa shape index (κ1) is 23.1. The van der Waals surface area contributed by atoms with E-state index in [1.807, 2.05) is 41.0 Å². The van der Waals surface area contributed by atoms with Gasteiger partial charge >= 0.3 is 0 Å². The summed E-state index contributed by atoms with van der Waals surface area (Å²) in [5.41, 5.74) is 3.88. The standard InChI is InChI=1S/C25H23N5O3S/c1-17(31)27-21-4-3-5-22(14-21)30-16-26-29-25(30)34-15-18-6-8-19(9-7-18)24(32)28-20-10-12-23(33-2)13-11-20/h3-14,16H,15H2,1-2H3,(H,27,31)(H,28,32). The van der Waals surface area contributed by atoms with E-state index in [1.54, 1.807) is 49.8 Å². The molecule has 0 fully saturated rings. The van der Waals surface area contributed by atoms with Crippen molar-refractivity contribution in [3.8, 4) is 11.4 Å². The Labute approximate surface area is 201 Å². The van der Waals surface area contributed by atoms with E-state index in [1.165, 1.54) is 18.7 Å². The van der Waals surface area contributed by atoms with Crippen LogP contribution < -0.4 is 15.4 Å². The minimum Gasteiger partial charge on any atom is -0.497 e. The van der Waals surface area contributed by atoms with Crippen LogP contribution in [0.5, 0.6) is 5.75 Å². The molecule has 0 aliphatic heterocycles. The second-order valence-corrected chi connectivity index (χ2v) is 8.33. The van der Waals surface area contributed by atoms with E-state index < -0.39 is 0 Å². The van der Waals surface area contributed by atoms with Crippen LogP contribution in [0.3, 0.4) is 0 Å². The Kier molecular flexibility index (Phi) is 7.24. The van der Waals surface area contributed by atoms with Crippen LogP contribution in [0.2, 0.25) is 0 Å². The zero-order valence-corrected chi connectivity index (χ0v) is 19.5. The monoisotopic (exact) mass is 473 g/mol. The Hall–Kier alpha value is -4.11. The number of hydrogen-bond donors (Lipinski definition) is 2. The number of amides is 2. The molecule has 4 rings (SSSR count). The second kappa shape index (κ2) is 10.7. The summed E-state index contributed by atoms with van der Waals surface area (Å²) in [5.74, 6) is 1.08. The number of hydrogen-bond acceptors (Lipinski definition) is 6. The molecule has 172 valence electrons. The number of ether oxygens (including phenoxy) is 1. The van der Waals surface area contributed by atoms with Gasteiger partial charge in [0, 0.05) is 29.6 Å². The van der Waals surface area contributed by atoms with Gasteiger partial charge in [-0.2, -0.15) is 0 Å². The number of aromatic nitrogens is 3. The first-order valence-electron chi connectivity index (χ1n) is 10.5. The van der Waals surface area contributed by atoms with Crippen LogP contribution in [0.25, 0.3) is 5.69 Å². The Morgan fingerprint density at radius 3 is 2.44 bits per heavy atom. The molecule has 0 unspecified atom stereocenters. The number of nitrogens with zero attached hydrogens (tertiary/aromatic N) is 3. The maximum atomic E-state index is 12.5. The van der Waals surface area contributed by atoms with E-state index in [9.17, 15) is 9.59 Å². The third-order valence-corrected chi connectivity index (χ3v) is 5.91. The number of anilines is 2. The predicted molar refractivity (Wildman–Crippen MR) is 133 cm³/mol. The predicted octanol–water partition coefficient (Wildman–Crippen LogP) is 4.78. The van der Waals surface area contributed by atoms with E-state index in [0.717, 1.165) is 22.2 Å². The first-order valence-corrected chi connectivity index (χ1v) is 11.5. The highest BCUT2D eigenvalue weighted by Crippen LogP contribution is 2.25. The third-order valence-electron chi connectivity index (χ3n) is 4.89. The van der Waals surface area contributed by atoms with Crippen molar-refractivity contribution in [3.63, 3.8) is 0 Å². The van der Waals surface area contributed by atoms with Crippen LogP contribution in [0, 0.1) is 0 Å². The molecule has 1 aromatic heterocycles. The summed E-state index contributed by atoms with van der Waals surface area (Å²) in [6.07, 6.45) is 1.64. The van der Waals surface area contributed by atoms with Crippen molar-refractivity contribution in [1.29, 1.82) is 0 Å². The van der Waals surface area contributed by atoms with Crippen LogP contribution in [-0.4, -0.2) is 33.7 Å². The number of benzene rings is 3. The molecule has 0 saturated heterocycles. The van der Waals surface area contributed by atoms with Crippen molar-refractivity contribution in [2.75, 3.05) is 17.7 Å². The fourth-order valence-electron chi connectivity index (χ4n) is 3.21. The van der Waals surface area contributed by atoms with Crippen molar-refractivity contribution < 1.29 is 14.3 Å². The number of carbonyl (C=O) groups is 2. The summed E-state index contributed by atoms with van der Waals surface area (Å²) < 4.78 is 7.00. The highest BCUT2D eigenvalue weighted by molar-refractivity contribution is 7.98. The zero-order chi connectivity index (χ0) is 23.9. The summed E-state index contributed by atoms with van der Waals surface area (Å²) in [6, 6.07) is 22.1. The van der Waals surface area contributed by atoms with Crippen molar-refractivity contribution in [1.82, 2.24) is 14.8 Å². The Balaban J connectivity index is 1.38. The van der Waals surface area contributed by atoms with Crippen molar-refractivity contribution in [2.24, 2.45) is 0 Å². The van der Waals surface area contributed by atoms with Gasteiger partial charge < -0.3 is 15.4 Å². The van der Waals surface area contributed by atoms with E-state index >= 15 is 0 Å². The largest absolute Gasteiger partial charge is 0.497 e. The van der Waals surface area contributed by atoms with Gasteiger partial charge in [0.15, 0.2) is 5.16 Å². The topological polar surface area (TPSA) is 98.1 Å². The number of rotatable bonds is 8. The van der Waals surface area contributed by atoms with Gasteiger partial charge in [0.05, 0.1) is 12.8 Å². The van der Waals surface area contributed by atoms with E-state index in [-0.39, 0.29) is 11.8 Å². The molecule has 0 aliphatic carbocycles. The van der Waals surface area contributed by atoms with E-state index in [0.29, 0.717) is 22.7 Å². The highest BCUT2D eigenvalue weighted by Gasteiger charge is 2.10. The Bertz CT molecular complexity index is 1290. The molecule has 0 bridgehead atoms. The van der Waals surface area contributed by atoms with Gasteiger partial charge in [-0.1, -0.05) is 30.0 Å². The minimum absolute atomic E-state index is 0.128. The summed E-state index contributed by atoms with van der Waals surface area (Å²) in [6.45, 7) is 1.47. The average Bonchev–Trinajstić information content (AvgIpc) is 3.32. The fourth-order valence-corrected chi connectivity index (χ4v) is 4.10. The lowest BCUT2D eigenvalue weighted by Crippen LogP contribution is -2.11. The molecule has 1 heterocycles. The van der Waals surface area contributed by atoms with Gasteiger partial charge in [-0.15, -0.1) is 10.2 Å². The van der Waals surface area contributed by atoms with Gasteiger partial charge in [-0.25, -0.2) is 0 Å². The molecule has 3 aromatic carbocycles. The molecule has 9 heteroatoms. The number of thioether (sulfide) groups is 1. The Morgan fingerprint density at radius 1 is 0.971 bits per heavy atom. The third kappa shape index (κ3) is 5.81. The Morgan fingerprint density at radius 2 is 1.74 bits per heavy atom. The quantitative estimate of drug-likeness (QED) is 0.358. The molecular weight excluding hydrogens is 450 g/mol. The molecule has 0 spiro atoms. The van der Waals surface area contributed by atoms with Crippen LogP contribution >= 0.6 is 11.8 Å². The molecule has 2 N–H and O–H groups in total. The van der Waals surface area contributed by atoms with Gasteiger partial charge in [-0.3, -0.25) is 14.2 Å². The molecule has 34 heavy (non-hydrogen) atoms. The number of carbonyl (C=O) groups excluding carboxylic acids is 2. The SMILES string of the molecule is COc1ccc(NC(=O)c2ccc(CSc3nncn3-c3cccc(NC(C)=O)c3)cc2)cc1. The molecule has 0 aliphatic rings. The fraction of sp³-hybridized carbons (Fsp3) is 0.120. The second-order valence-electron chi connectivity index (χ2n) is 7.38. The van der Waals surface area contributed by atoms with Gasteiger partial charge in [0.1, 0.15) is 12.1 Å². The lowest BCUT2D eigenvalue weighted by Gasteiger charge is -2.09. The smallest absolute Gasteiger partial charge is 0.255 e. The van der Waals surface area contributed by atoms with E-state index in [2.05, 4.69) is 20.8 Å². The molecule has 8 nitrogen and oxygen atoms in total. The van der Waals surface area contributed by atoms with Gasteiger partial charge in [0.25, 0.3) is 5.91 Å². The molecule has 0 atom stereocenters. The zero-order valence-electron chi connectivity index (χ0n) is 18.7. The molecule has 2 amide bonds. The summed E-state index contributed by atoms with van der Waals surface area (Å²) in [4.78, 5) is 23.9.